The van der Waals surface area contributed by atoms with E-state index in [-0.39, 0.29) is 11.4 Å². The molecule has 0 bridgehead atoms. The van der Waals surface area contributed by atoms with Gasteiger partial charge < -0.3 is 5.32 Å². The molecule has 2 aromatic heterocycles. The Labute approximate surface area is 183 Å². The number of thioether (sulfide) groups is 1. The Morgan fingerprint density at radius 2 is 1.97 bits per heavy atom. The van der Waals surface area contributed by atoms with Crippen LogP contribution in [0.3, 0.4) is 0 Å². The van der Waals surface area contributed by atoms with Crippen LogP contribution in [-0.4, -0.2) is 31.2 Å². The molecule has 2 heterocycles. The van der Waals surface area contributed by atoms with Gasteiger partial charge in [-0.25, -0.2) is 4.98 Å². The molecule has 160 valence electrons. The molecule has 0 saturated heterocycles. The summed E-state index contributed by atoms with van der Waals surface area (Å²) in [5.41, 5.74) is 1.11. The number of hydrogen-bond donors (Lipinski definition) is 1. The smallest absolute Gasteiger partial charge is 0.325 e. The largest absolute Gasteiger partial charge is 0.417 e. The second kappa shape index (κ2) is 8.35. The summed E-state index contributed by atoms with van der Waals surface area (Å²) in [5, 5.41) is 11.0. The molecule has 0 atom stereocenters. The molecule has 0 fully saturated rings. The average molecular weight is 466 g/mol. The van der Waals surface area contributed by atoms with Crippen molar-refractivity contribution in [3.63, 3.8) is 0 Å². The van der Waals surface area contributed by atoms with Gasteiger partial charge in [0.15, 0.2) is 5.65 Å². The number of nitrogens with one attached hydrogen (secondary N) is 1. The Kier molecular flexibility index (Phi) is 5.76. The number of amides is 1. The number of anilines is 1. The maximum Gasteiger partial charge on any atom is 0.417 e. The van der Waals surface area contributed by atoms with E-state index in [1.54, 1.807) is 0 Å². The molecule has 0 saturated carbocycles. The Morgan fingerprint density at radius 1 is 1.19 bits per heavy atom. The van der Waals surface area contributed by atoms with E-state index in [4.69, 9.17) is 11.6 Å². The topological polar surface area (TPSA) is 72.2 Å². The van der Waals surface area contributed by atoms with E-state index in [1.165, 1.54) is 6.07 Å². The van der Waals surface area contributed by atoms with E-state index in [2.05, 4.69) is 20.5 Å². The van der Waals surface area contributed by atoms with Crippen LogP contribution in [0.25, 0.3) is 16.7 Å². The fourth-order valence-corrected chi connectivity index (χ4v) is 4.08. The lowest BCUT2D eigenvalue weighted by atomic mass is 10.2. The van der Waals surface area contributed by atoms with Crippen molar-refractivity contribution in [2.45, 2.75) is 24.5 Å². The summed E-state index contributed by atoms with van der Waals surface area (Å²) < 4.78 is 41.0. The fraction of sp³-hybridized carbons (Fsp3) is 0.200. The molecular weight excluding hydrogens is 451 g/mol. The van der Waals surface area contributed by atoms with Crippen LogP contribution in [0, 0.1) is 0 Å². The highest BCUT2D eigenvalue weighted by molar-refractivity contribution is 8.00. The Morgan fingerprint density at radius 3 is 2.71 bits per heavy atom. The zero-order valence-corrected chi connectivity index (χ0v) is 17.6. The quantitative estimate of drug-likeness (QED) is 0.408. The van der Waals surface area contributed by atoms with Crippen molar-refractivity contribution >= 4 is 51.6 Å². The molecule has 1 amide bonds. The molecule has 0 radical (unpaired) electrons. The average Bonchev–Trinajstić information content (AvgIpc) is 3.17. The number of carbonyl (C=O) groups is 1. The summed E-state index contributed by atoms with van der Waals surface area (Å²) in [7, 11) is 0. The minimum Gasteiger partial charge on any atom is -0.325 e. The van der Waals surface area contributed by atoms with Crippen molar-refractivity contribution in [1.82, 2.24) is 19.6 Å². The molecule has 0 unspecified atom stereocenters. The van der Waals surface area contributed by atoms with Gasteiger partial charge in [-0.2, -0.15) is 13.2 Å². The van der Waals surface area contributed by atoms with Gasteiger partial charge in [-0.15, -0.1) is 10.2 Å². The summed E-state index contributed by atoms with van der Waals surface area (Å²) in [6, 6.07) is 10.7. The van der Waals surface area contributed by atoms with Crippen molar-refractivity contribution in [1.29, 1.82) is 0 Å². The van der Waals surface area contributed by atoms with Crippen LogP contribution in [-0.2, 0) is 17.4 Å². The number of nitrogens with zero attached hydrogens (tertiary/aromatic N) is 4. The van der Waals surface area contributed by atoms with Gasteiger partial charge in [0, 0.05) is 12.1 Å². The molecule has 2 aromatic carbocycles. The van der Waals surface area contributed by atoms with Crippen LogP contribution in [0.1, 0.15) is 18.3 Å². The zero-order chi connectivity index (χ0) is 22.2. The van der Waals surface area contributed by atoms with Crippen molar-refractivity contribution in [3.8, 4) is 0 Å². The molecule has 1 N–H and O–H groups in total. The Balaban J connectivity index is 1.57. The second-order valence-electron chi connectivity index (χ2n) is 6.56. The van der Waals surface area contributed by atoms with Crippen LogP contribution < -0.4 is 5.32 Å². The normalized spacial score (nSPS) is 11.9. The molecule has 6 nitrogen and oxygen atoms in total. The first-order valence-electron chi connectivity index (χ1n) is 9.20. The molecule has 11 heteroatoms. The lowest BCUT2D eigenvalue weighted by molar-refractivity contribution is -0.137. The maximum absolute atomic E-state index is 13.0. The SMILES string of the molecule is CCc1nnc2c(SCC(=O)Nc3ccc(Cl)c(C(F)(F)F)c3)nc3ccccc3n12. The molecule has 4 rings (SSSR count). The van der Waals surface area contributed by atoms with E-state index < -0.39 is 22.7 Å². The van der Waals surface area contributed by atoms with Crippen LogP contribution in [0.2, 0.25) is 5.02 Å². The predicted molar refractivity (Wildman–Crippen MR) is 113 cm³/mol. The highest BCUT2D eigenvalue weighted by Crippen LogP contribution is 2.36. The number of benzene rings is 2. The lowest BCUT2D eigenvalue weighted by Crippen LogP contribution is -2.15. The van der Waals surface area contributed by atoms with Gasteiger partial charge in [0.1, 0.15) is 10.9 Å². The zero-order valence-electron chi connectivity index (χ0n) is 16.1. The molecule has 4 aromatic rings. The minimum atomic E-state index is -4.61. The number of para-hydroxylation sites is 2. The third-order valence-corrected chi connectivity index (χ3v) is 5.76. The predicted octanol–water partition coefficient (Wildman–Crippen LogP) is 5.24. The van der Waals surface area contributed by atoms with Crippen molar-refractivity contribution in [2.75, 3.05) is 11.1 Å². The number of hydrogen-bond acceptors (Lipinski definition) is 5. The number of alkyl halides is 3. The summed E-state index contributed by atoms with van der Waals surface area (Å²) >= 11 is 6.75. The third-order valence-electron chi connectivity index (χ3n) is 4.48. The number of halogens is 4. The Hall–Kier alpha value is -2.85. The minimum absolute atomic E-state index is 0.00897. The van der Waals surface area contributed by atoms with Crippen molar-refractivity contribution in [3.05, 3.63) is 58.9 Å². The first-order chi connectivity index (χ1) is 14.8. The van der Waals surface area contributed by atoms with Crippen molar-refractivity contribution in [2.24, 2.45) is 0 Å². The summed E-state index contributed by atoms with van der Waals surface area (Å²) in [5.74, 6) is 0.212. The van der Waals surface area contributed by atoms with Crippen LogP contribution in [0.4, 0.5) is 18.9 Å². The summed E-state index contributed by atoms with van der Waals surface area (Å²) in [6.07, 6.45) is -3.95. The maximum atomic E-state index is 13.0. The molecule has 0 aliphatic carbocycles. The van der Waals surface area contributed by atoms with Gasteiger partial charge in [0.25, 0.3) is 0 Å². The number of rotatable bonds is 5. The fourth-order valence-electron chi connectivity index (χ4n) is 3.09. The van der Waals surface area contributed by atoms with E-state index in [9.17, 15) is 18.0 Å². The monoisotopic (exact) mass is 465 g/mol. The molecule has 0 aliphatic rings. The van der Waals surface area contributed by atoms with Crippen LogP contribution in [0.5, 0.6) is 0 Å². The van der Waals surface area contributed by atoms with Crippen LogP contribution >= 0.6 is 23.4 Å². The number of aromatic nitrogens is 4. The number of carbonyl (C=O) groups excluding carboxylic acids is 1. The molecular formula is C20H15ClF3N5OS. The van der Waals surface area contributed by atoms with E-state index in [0.717, 1.165) is 40.8 Å². The highest BCUT2D eigenvalue weighted by Gasteiger charge is 2.33. The first kappa shape index (κ1) is 21.4. The van der Waals surface area contributed by atoms with Gasteiger partial charge in [-0.1, -0.05) is 42.4 Å². The third kappa shape index (κ3) is 4.31. The van der Waals surface area contributed by atoms with Crippen LogP contribution in [0.15, 0.2) is 47.5 Å². The number of fused-ring (bicyclic) bond motifs is 3. The van der Waals surface area contributed by atoms with Gasteiger partial charge in [0.2, 0.25) is 5.91 Å². The lowest BCUT2D eigenvalue weighted by Gasteiger charge is -2.12. The van der Waals surface area contributed by atoms with Gasteiger partial charge in [-0.05, 0) is 30.3 Å². The Bertz CT molecular complexity index is 1290. The van der Waals surface area contributed by atoms with Gasteiger partial charge >= 0.3 is 6.18 Å². The van der Waals surface area contributed by atoms with E-state index >= 15 is 0 Å². The van der Waals surface area contributed by atoms with Crippen molar-refractivity contribution < 1.29 is 18.0 Å². The molecule has 0 spiro atoms. The summed E-state index contributed by atoms with van der Waals surface area (Å²) in [4.78, 5) is 17.0. The second-order valence-corrected chi connectivity index (χ2v) is 7.93. The van der Waals surface area contributed by atoms with Gasteiger partial charge in [0.05, 0.1) is 27.4 Å². The number of aryl methyl sites for hydroxylation is 1. The molecule has 31 heavy (non-hydrogen) atoms. The van der Waals surface area contributed by atoms with E-state index in [1.807, 2.05) is 35.6 Å². The summed E-state index contributed by atoms with van der Waals surface area (Å²) in [6.45, 7) is 1.97. The highest BCUT2D eigenvalue weighted by atomic mass is 35.5. The first-order valence-corrected chi connectivity index (χ1v) is 10.6. The standard InChI is InChI=1S/C20H15ClF3N5OS/c1-2-16-27-28-18-19(26-14-5-3-4-6-15(14)29(16)18)31-10-17(30)25-11-7-8-13(21)12(9-11)20(22,23)24/h3-9H,2,10H2,1H3,(H,25,30). The molecule has 0 aliphatic heterocycles. The van der Waals surface area contributed by atoms with E-state index in [0.29, 0.717) is 17.1 Å². The van der Waals surface area contributed by atoms with Gasteiger partial charge in [-0.3, -0.25) is 9.20 Å².